The molecule has 0 saturated heterocycles. The molecule has 0 spiro atoms. The number of fused-ring (bicyclic) bond motifs is 1. The molecule has 1 heterocycles. The second-order valence-electron chi connectivity index (χ2n) is 7.64. The van der Waals surface area contributed by atoms with Crippen LogP contribution in [-0.4, -0.2) is 41.6 Å². The number of amides is 1. The smallest absolute Gasteiger partial charge is 0.250 e. The minimum absolute atomic E-state index is 0.184. The lowest BCUT2D eigenvalue weighted by atomic mass is 10.1. The second-order valence-corrected chi connectivity index (χ2v) is 8.59. The zero-order chi connectivity index (χ0) is 23.9. The van der Waals surface area contributed by atoms with Crippen LogP contribution >= 0.6 is 11.8 Å². The molecule has 0 fully saturated rings. The number of hydrogen-bond acceptors (Lipinski definition) is 6. The standard InChI is InChI=1S/C26H26N4O3S/c1-18-8-10-19(11-9-18)16-30-23-7-5-4-6-22(23)28-26(30)34-17-25(31)29-27-15-20-14-21(32-2)12-13-24(20)33-3/h4-15H,16-17H2,1-3H3,(H,29,31)/b27-15-. The minimum Gasteiger partial charge on any atom is -0.497 e. The number of methoxy groups -OCH3 is 2. The third-order valence-electron chi connectivity index (χ3n) is 5.24. The number of hydrogen-bond donors (Lipinski definition) is 1. The molecule has 34 heavy (non-hydrogen) atoms. The average molecular weight is 475 g/mol. The third kappa shape index (κ3) is 5.58. The number of rotatable bonds is 9. The minimum atomic E-state index is -0.225. The van der Waals surface area contributed by atoms with E-state index in [0.29, 0.717) is 23.6 Å². The van der Waals surface area contributed by atoms with Gasteiger partial charge in [0.25, 0.3) is 5.91 Å². The van der Waals surface area contributed by atoms with Crippen molar-refractivity contribution in [3.63, 3.8) is 0 Å². The highest BCUT2D eigenvalue weighted by Crippen LogP contribution is 2.25. The van der Waals surface area contributed by atoms with Gasteiger partial charge in [0.05, 0.1) is 43.8 Å². The predicted molar refractivity (Wildman–Crippen MR) is 136 cm³/mol. The first-order valence-corrected chi connectivity index (χ1v) is 11.7. The number of para-hydroxylation sites is 2. The first-order valence-electron chi connectivity index (χ1n) is 10.7. The number of hydrazone groups is 1. The van der Waals surface area contributed by atoms with Gasteiger partial charge >= 0.3 is 0 Å². The van der Waals surface area contributed by atoms with E-state index in [1.807, 2.05) is 24.3 Å². The molecule has 0 radical (unpaired) electrons. The van der Waals surface area contributed by atoms with Crippen molar-refractivity contribution in [3.8, 4) is 11.5 Å². The van der Waals surface area contributed by atoms with E-state index in [-0.39, 0.29) is 11.7 Å². The molecule has 1 amide bonds. The van der Waals surface area contributed by atoms with Crippen molar-refractivity contribution in [2.24, 2.45) is 5.10 Å². The van der Waals surface area contributed by atoms with E-state index in [1.54, 1.807) is 32.4 Å². The fraction of sp³-hybridized carbons (Fsp3) is 0.192. The number of nitrogens with one attached hydrogen (secondary N) is 1. The lowest BCUT2D eigenvalue weighted by molar-refractivity contribution is -0.118. The number of thioether (sulfide) groups is 1. The summed E-state index contributed by atoms with van der Waals surface area (Å²) in [5, 5.41) is 4.87. The number of carbonyl (C=O) groups is 1. The van der Waals surface area contributed by atoms with Gasteiger partial charge in [-0.3, -0.25) is 4.79 Å². The number of ether oxygens (including phenoxy) is 2. The molecule has 4 aromatic rings. The fourth-order valence-electron chi connectivity index (χ4n) is 3.47. The van der Waals surface area contributed by atoms with Crippen LogP contribution in [0, 0.1) is 6.92 Å². The Bertz CT molecular complexity index is 1320. The van der Waals surface area contributed by atoms with Crippen molar-refractivity contribution >= 4 is 34.9 Å². The summed E-state index contributed by atoms with van der Waals surface area (Å²) >= 11 is 1.38. The van der Waals surface area contributed by atoms with E-state index in [2.05, 4.69) is 46.3 Å². The van der Waals surface area contributed by atoms with Gasteiger partial charge in [-0.25, -0.2) is 10.4 Å². The van der Waals surface area contributed by atoms with Crippen molar-refractivity contribution < 1.29 is 14.3 Å². The van der Waals surface area contributed by atoms with Crippen LogP contribution in [0.5, 0.6) is 11.5 Å². The normalized spacial score (nSPS) is 11.1. The van der Waals surface area contributed by atoms with Crippen LogP contribution in [-0.2, 0) is 11.3 Å². The van der Waals surface area contributed by atoms with Gasteiger partial charge in [-0.2, -0.15) is 5.10 Å². The van der Waals surface area contributed by atoms with Gasteiger partial charge in [0.15, 0.2) is 5.16 Å². The van der Waals surface area contributed by atoms with E-state index in [0.717, 1.165) is 16.2 Å². The molecule has 3 aromatic carbocycles. The Kier molecular flexibility index (Phi) is 7.49. The van der Waals surface area contributed by atoms with E-state index < -0.39 is 0 Å². The quantitative estimate of drug-likeness (QED) is 0.217. The summed E-state index contributed by atoms with van der Waals surface area (Å²) in [4.78, 5) is 17.2. The molecule has 0 aliphatic carbocycles. The molecule has 0 atom stereocenters. The van der Waals surface area contributed by atoms with Crippen molar-refractivity contribution in [2.75, 3.05) is 20.0 Å². The van der Waals surface area contributed by atoms with Gasteiger partial charge in [0, 0.05) is 5.56 Å². The number of imidazole rings is 1. The maximum Gasteiger partial charge on any atom is 0.250 e. The monoisotopic (exact) mass is 474 g/mol. The van der Waals surface area contributed by atoms with Gasteiger partial charge < -0.3 is 14.0 Å². The van der Waals surface area contributed by atoms with Crippen LogP contribution in [0.25, 0.3) is 11.0 Å². The van der Waals surface area contributed by atoms with Crippen LogP contribution in [0.4, 0.5) is 0 Å². The molecule has 1 N–H and O–H groups in total. The summed E-state index contributed by atoms with van der Waals surface area (Å²) < 4.78 is 12.7. The molecule has 0 unspecified atom stereocenters. The van der Waals surface area contributed by atoms with Gasteiger partial charge in [-0.1, -0.05) is 53.7 Å². The van der Waals surface area contributed by atoms with Crippen LogP contribution < -0.4 is 14.9 Å². The number of carbonyl (C=O) groups excluding carboxylic acids is 1. The first-order chi connectivity index (χ1) is 16.6. The molecule has 7 nitrogen and oxygen atoms in total. The highest BCUT2D eigenvalue weighted by molar-refractivity contribution is 7.99. The number of aromatic nitrogens is 2. The Morgan fingerprint density at radius 1 is 1.09 bits per heavy atom. The SMILES string of the molecule is COc1ccc(OC)c(/C=N\NC(=O)CSc2nc3ccccc3n2Cc2ccc(C)cc2)c1. The van der Waals surface area contributed by atoms with Crippen LogP contribution in [0.3, 0.4) is 0 Å². The van der Waals surface area contributed by atoms with Gasteiger partial charge in [-0.15, -0.1) is 0 Å². The molecule has 4 rings (SSSR count). The van der Waals surface area contributed by atoms with E-state index in [4.69, 9.17) is 14.5 Å². The average Bonchev–Trinajstić information content (AvgIpc) is 3.21. The maximum atomic E-state index is 12.5. The Hall–Kier alpha value is -3.78. The topological polar surface area (TPSA) is 77.7 Å². The molecule has 0 aliphatic heterocycles. The largest absolute Gasteiger partial charge is 0.497 e. The summed E-state index contributed by atoms with van der Waals surface area (Å²) in [6.45, 7) is 2.75. The second kappa shape index (κ2) is 10.9. The lowest BCUT2D eigenvalue weighted by Gasteiger charge is -2.09. The van der Waals surface area contributed by atoms with Crippen LogP contribution in [0.1, 0.15) is 16.7 Å². The molecule has 1 aromatic heterocycles. The highest BCUT2D eigenvalue weighted by atomic mass is 32.2. The summed E-state index contributed by atoms with van der Waals surface area (Å²) in [5.74, 6) is 1.27. The number of benzene rings is 3. The summed E-state index contributed by atoms with van der Waals surface area (Å²) in [6, 6.07) is 21.8. The molecule has 174 valence electrons. The Labute approximate surface area is 202 Å². The van der Waals surface area contributed by atoms with Crippen molar-refractivity contribution in [3.05, 3.63) is 83.4 Å². The van der Waals surface area contributed by atoms with Crippen molar-refractivity contribution in [1.82, 2.24) is 15.0 Å². The molecule has 8 heteroatoms. The maximum absolute atomic E-state index is 12.5. The Morgan fingerprint density at radius 3 is 2.65 bits per heavy atom. The fourth-order valence-corrected chi connectivity index (χ4v) is 4.28. The summed E-state index contributed by atoms with van der Waals surface area (Å²) in [6.07, 6.45) is 1.54. The number of nitrogens with zero attached hydrogens (tertiary/aromatic N) is 3. The predicted octanol–water partition coefficient (Wildman–Crippen LogP) is 4.65. The van der Waals surface area contributed by atoms with Crippen LogP contribution in [0.2, 0.25) is 0 Å². The summed E-state index contributed by atoms with van der Waals surface area (Å²) in [7, 11) is 3.17. The van der Waals surface area contributed by atoms with Gasteiger partial charge in [-0.05, 0) is 42.8 Å². The Morgan fingerprint density at radius 2 is 1.88 bits per heavy atom. The summed E-state index contributed by atoms with van der Waals surface area (Å²) in [5.41, 5.74) is 7.62. The van der Waals surface area contributed by atoms with E-state index in [1.165, 1.54) is 29.1 Å². The van der Waals surface area contributed by atoms with Gasteiger partial charge in [0.1, 0.15) is 11.5 Å². The molecule has 0 aliphatic rings. The molecular formula is C26H26N4O3S. The lowest BCUT2D eigenvalue weighted by Crippen LogP contribution is -2.20. The van der Waals surface area contributed by atoms with E-state index in [9.17, 15) is 4.79 Å². The first kappa shape index (κ1) is 23.4. The molecule has 0 saturated carbocycles. The Balaban J connectivity index is 1.44. The van der Waals surface area contributed by atoms with Crippen LogP contribution in [0.15, 0.2) is 77.0 Å². The molecular weight excluding hydrogens is 448 g/mol. The van der Waals surface area contributed by atoms with E-state index >= 15 is 0 Å². The third-order valence-corrected chi connectivity index (χ3v) is 6.22. The van der Waals surface area contributed by atoms with Crippen molar-refractivity contribution in [1.29, 1.82) is 0 Å². The molecule has 0 bridgehead atoms. The van der Waals surface area contributed by atoms with Gasteiger partial charge in [0.2, 0.25) is 0 Å². The number of aryl methyl sites for hydroxylation is 1. The van der Waals surface area contributed by atoms with Crippen molar-refractivity contribution in [2.45, 2.75) is 18.6 Å². The zero-order valence-corrected chi connectivity index (χ0v) is 20.1. The zero-order valence-electron chi connectivity index (χ0n) is 19.3. The highest BCUT2D eigenvalue weighted by Gasteiger charge is 2.13.